The Bertz CT molecular complexity index is 1420. The topological polar surface area (TPSA) is 96.0 Å². The normalized spacial score (nSPS) is 11.9. The number of methoxy groups -OCH3 is 1. The predicted octanol–water partition coefficient (Wildman–Crippen LogP) is 5.09. The molecule has 1 unspecified atom stereocenters. The van der Waals surface area contributed by atoms with Crippen molar-refractivity contribution in [3.63, 3.8) is 0 Å². The van der Waals surface area contributed by atoms with E-state index in [1.54, 1.807) is 62.6 Å². The van der Waals surface area contributed by atoms with Gasteiger partial charge in [-0.1, -0.05) is 68.3 Å². The lowest BCUT2D eigenvalue weighted by Crippen LogP contribution is -2.51. The predicted molar refractivity (Wildman–Crippen MR) is 162 cm³/mol. The number of hydrogen-bond acceptors (Lipinski definition) is 5. The minimum absolute atomic E-state index is 0.0894. The average Bonchev–Trinajstić information content (AvgIpc) is 2.98. The van der Waals surface area contributed by atoms with Gasteiger partial charge in [-0.3, -0.25) is 13.9 Å². The van der Waals surface area contributed by atoms with Crippen LogP contribution in [0.15, 0.2) is 77.7 Å². The molecule has 41 heavy (non-hydrogen) atoms. The van der Waals surface area contributed by atoms with E-state index in [4.69, 9.17) is 4.74 Å². The molecule has 0 aromatic heterocycles. The number of unbranched alkanes of at least 4 members (excludes halogenated alkanes) is 1. The zero-order valence-corrected chi connectivity index (χ0v) is 25.4. The quantitative estimate of drug-likeness (QED) is 0.268. The van der Waals surface area contributed by atoms with Crippen LogP contribution in [0.2, 0.25) is 0 Å². The molecule has 0 aliphatic heterocycles. The first-order valence-electron chi connectivity index (χ1n) is 14.0. The number of nitrogens with one attached hydrogen (secondary N) is 1. The number of nitrogens with zero attached hydrogens (tertiary/aromatic N) is 2. The van der Waals surface area contributed by atoms with E-state index in [1.807, 2.05) is 45.0 Å². The number of carbonyl (C=O) groups is 2. The van der Waals surface area contributed by atoms with Crippen LogP contribution in [-0.2, 0) is 32.6 Å². The maximum Gasteiger partial charge on any atom is 0.264 e. The van der Waals surface area contributed by atoms with Crippen LogP contribution in [0.1, 0.15) is 50.3 Å². The number of carbonyl (C=O) groups excluding carboxylic acids is 2. The number of aryl methyl sites for hydroxylation is 2. The van der Waals surface area contributed by atoms with Crippen LogP contribution in [-0.4, -0.2) is 51.4 Å². The monoisotopic (exact) mass is 579 g/mol. The Balaban J connectivity index is 2.04. The lowest BCUT2D eigenvalue weighted by molar-refractivity contribution is -0.139. The molecule has 3 aromatic carbocycles. The van der Waals surface area contributed by atoms with Gasteiger partial charge in [0, 0.05) is 13.1 Å². The van der Waals surface area contributed by atoms with Gasteiger partial charge in [0.25, 0.3) is 10.0 Å². The zero-order chi connectivity index (χ0) is 30.0. The number of para-hydroxylation sites is 1. The largest absolute Gasteiger partial charge is 0.497 e. The molecule has 0 aliphatic rings. The van der Waals surface area contributed by atoms with E-state index >= 15 is 0 Å². The SMILES string of the molecule is CCCCNC(=O)C(C)N(Cc1cccc(OC)c1)C(=O)CN(c1ccccc1CC)S(=O)(=O)c1ccc(C)cc1. The van der Waals surface area contributed by atoms with Crippen molar-refractivity contribution < 1.29 is 22.7 Å². The number of ether oxygens (including phenoxy) is 1. The van der Waals surface area contributed by atoms with Crippen LogP contribution in [0, 0.1) is 6.92 Å². The van der Waals surface area contributed by atoms with E-state index in [2.05, 4.69) is 5.32 Å². The third-order valence-corrected chi connectivity index (χ3v) is 8.79. The molecular formula is C32H41N3O5S. The van der Waals surface area contributed by atoms with Crippen LogP contribution in [0.3, 0.4) is 0 Å². The lowest BCUT2D eigenvalue weighted by Gasteiger charge is -2.32. The van der Waals surface area contributed by atoms with Crippen molar-refractivity contribution in [3.05, 3.63) is 89.5 Å². The summed E-state index contributed by atoms with van der Waals surface area (Å²) in [6, 6.07) is 20.2. The maximum absolute atomic E-state index is 14.1. The van der Waals surface area contributed by atoms with E-state index in [0.29, 0.717) is 24.4 Å². The van der Waals surface area contributed by atoms with Gasteiger partial charge in [-0.15, -0.1) is 0 Å². The number of amides is 2. The zero-order valence-electron chi connectivity index (χ0n) is 24.6. The Hall–Kier alpha value is -3.85. The molecule has 0 heterocycles. The fourth-order valence-electron chi connectivity index (χ4n) is 4.49. The molecule has 0 bridgehead atoms. The van der Waals surface area contributed by atoms with Crippen LogP contribution in [0.25, 0.3) is 0 Å². The number of anilines is 1. The fraction of sp³-hybridized carbons (Fsp3) is 0.375. The molecule has 0 aliphatic carbocycles. The highest BCUT2D eigenvalue weighted by molar-refractivity contribution is 7.92. The Kier molecular flexibility index (Phi) is 11.3. The van der Waals surface area contributed by atoms with Gasteiger partial charge in [-0.05, 0) is 68.1 Å². The molecule has 0 fully saturated rings. The summed E-state index contributed by atoms with van der Waals surface area (Å²) in [6.45, 7) is 7.65. The van der Waals surface area contributed by atoms with Gasteiger partial charge in [0.05, 0.1) is 17.7 Å². The highest BCUT2D eigenvalue weighted by Gasteiger charge is 2.33. The third kappa shape index (κ3) is 8.10. The molecular weight excluding hydrogens is 538 g/mol. The fourth-order valence-corrected chi connectivity index (χ4v) is 5.94. The summed E-state index contributed by atoms with van der Waals surface area (Å²) in [5, 5.41) is 2.90. The second-order valence-electron chi connectivity index (χ2n) is 10.0. The number of sulfonamides is 1. The summed E-state index contributed by atoms with van der Waals surface area (Å²) < 4.78 is 34.6. The Morgan fingerprint density at radius 3 is 2.34 bits per heavy atom. The first-order chi connectivity index (χ1) is 19.6. The van der Waals surface area contributed by atoms with Gasteiger partial charge in [0.15, 0.2) is 0 Å². The first kappa shape index (κ1) is 31.7. The molecule has 220 valence electrons. The van der Waals surface area contributed by atoms with Gasteiger partial charge in [-0.25, -0.2) is 8.42 Å². The van der Waals surface area contributed by atoms with Crippen LogP contribution in [0.4, 0.5) is 5.69 Å². The van der Waals surface area contributed by atoms with Crippen molar-refractivity contribution in [3.8, 4) is 5.75 Å². The molecule has 0 radical (unpaired) electrons. The Labute approximate surface area is 244 Å². The summed E-state index contributed by atoms with van der Waals surface area (Å²) in [5.74, 6) is -0.167. The molecule has 9 heteroatoms. The number of benzene rings is 3. The summed E-state index contributed by atoms with van der Waals surface area (Å²) in [5.41, 5.74) is 2.91. The van der Waals surface area contributed by atoms with Crippen LogP contribution >= 0.6 is 0 Å². The maximum atomic E-state index is 14.1. The minimum atomic E-state index is -4.11. The Morgan fingerprint density at radius 1 is 0.976 bits per heavy atom. The molecule has 8 nitrogen and oxygen atoms in total. The van der Waals surface area contributed by atoms with Crippen molar-refractivity contribution in [2.45, 2.75) is 64.4 Å². The van der Waals surface area contributed by atoms with E-state index < -0.39 is 28.5 Å². The van der Waals surface area contributed by atoms with E-state index in [-0.39, 0.29) is 17.3 Å². The summed E-state index contributed by atoms with van der Waals surface area (Å²) in [7, 11) is -2.55. The third-order valence-electron chi connectivity index (χ3n) is 7.01. The van der Waals surface area contributed by atoms with Gasteiger partial charge in [-0.2, -0.15) is 0 Å². The molecule has 2 amide bonds. The summed E-state index contributed by atoms with van der Waals surface area (Å²) in [4.78, 5) is 28.7. The van der Waals surface area contributed by atoms with Crippen molar-refractivity contribution in [1.82, 2.24) is 10.2 Å². The van der Waals surface area contributed by atoms with E-state index in [9.17, 15) is 18.0 Å². The molecule has 0 spiro atoms. The van der Waals surface area contributed by atoms with Crippen LogP contribution < -0.4 is 14.4 Å². The van der Waals surface area contributed by atoms with Crippen molar-refractivity contribution in [2.75, 3.05) is 24.5 Å². The van der Waals surface area contributed by atoms with Crippen molar-refractivity contribution in [1.29, 1.82) is 0 Å². The molecule has 0 saturated carbocycles. The molecule has 3 rings (SSSR count). The lowest BCUT2D eigenvalue weighted by atomic mass is 10.1. The Morgan fingerprint density at radius 2 is 1.68 bits per heavy atom. The van der Waals surface area contributed by atoms with Crippen molar-refractivity contribution in [2.24, 2.45) is 0 Å². The molecule has 1 atom stereocenters. The second-order valence-corrected chi connectivity index (χ2v) is 11.9. The standard InChI is InChI=1S/C32H41N3O5S/c1-6-8-20-33-32(37)25(4)34(22-26-12-11-14-28(21-26)40-5)31(36)23-35(30-15-10-9-13-27(30)7-2)41(38,39)29-18-16-24(3)17-19-29/h9-19,21,25H,6-8,20,22-23H2,1-5H3,(H,33,37). The number of rotatable bonds is 14. The van der Waals surface area contributed by atoms with Gasteiger partial charge in [0.2, 0.25) is 11.8 Å². The summed E-state index contributed by atoms with van der Waals surface area (Å²) >= 11 is 0. The van der Waals surface area contributed by atoms with Gasteiger partial charge >= 0.3 is 0 Å². The van der Waals surface area contributed by atoms with E-state index in [0.717, 1.165) is 29.5 Å². The average molecular weight is 580 g/mol. The van der Waals surface area contributed by atoms with Crippen molar-refractivity contribution >= 4 is 27.5 Å². The second kappa shape index (κ2) is 14.7. The number of hydrogen-bond donors (Lipinski definition) is 1. The smallest absolute Gasteiger partial charge is 0.264 e. The molecule has 0 saturated heterocycles. The van der Waals surface area contributed by atoms with E-state index in [1.165, 1.54) is 9.21 Å². The summed E-state index contributed by atoms with van der Waals surface area (Å²) in [6.07, 6.45) is 2.32. The molecule has 1 N–H and O–H groups in total. The van der Waals surface area contributed by atoms with Gasteiger partial charge < -0.3 is 15.0 Å². The minimum Gasteiger partial charge on any atom is -0.497 e. The highest BCUT2D eigenvalue weighted by atomic mass is 32.2. The highest BCUT2D eigenvalue weighted by Crippen LogP contribution is 2.28. The molecule has 3 aromatic rings. The van der Waals surface area contributed by atoms with Crippen LogP contribution in [0.5, 0.6) is 5.75 Å². The van der Waals surface area contributed by atoms with Gasteiger partial charge in [0.1, 0.15) is 18.3 Å². The first-order valence-corrected chi connectivity index (χ1v) is 15.4.